The number of benzene rings is 2. The molecular weight excluding hydrogens is 367 g/mol. The zero-order valence-corrected chi connectivity index (χ0v) is 15.6. The zero-order valence-electron chi connectivity index (χ0n) is 15.6. The summed E-state index contributed by atoms with van der Waals surface area (Å²) in [5, 5.41) is 0. The van der Waals surface area contributed by atoms with E-state index < -0.39 is 24.2 Å². The first kappa shape index (κ1) is 19.5. The number of nitrogens with one attached hydrogen (secondary N) is 2. The summed E-state index contributed by atoms with van der Waals surface area (Å²) in [6.07, 6.45) is 0.754. The van der Waals surface area contributed by atoms with Crippen LogP contribution in [0, 0.1) is 5.82 Å². The molecule has 3 rings (SSSR count). The lowest BCUT2D eigenvalue weighted by molar-refractivity contribution is -0.131. The average Bonchev–Trinajstić information content (AvgIpc) is 2.98. The molecule has 1 aliphatic rings. The van der Waals surface area contributed by atoms with E-state index in [4.69, 9.17) is 14.2 Å². The summed E-state index contributed by atoms with van der Waals surface area (Å²) < 4.78 is 29.8. The van der Waals surface area contributed by atoms with Crippen LogP contribution in [0.15, 0.2) is 42.5 Å². The lowest BCUT2D eigenvalue weighted by atomic mass is 10.0. The standard InChI is InChI=1S/C20H21FN2O5/c1-20(2)10-13-6-5-9-16(19(13)28-20)27-12-18(25)23-22-17(24)11-26-15-8-4-3-7-14(15)21/h3-9H,10-12H2,1-2H3,(H,22,24)(H,23,25). The summed E-state index contributed by atoms with van der Waals surface area (Å²) in [6, 6.07) is 11.2. The number of hydrogen-bond acceptors (Lipinski definition) is 5. The Morgan fingerprint density at radius 2 is 1.61 bits per heavy atom. The maximum atomic E-state index is 13.4. The third-order valence-corrected chi connectivity index (χ3v) is 3.95. The van der Waals surface area contributed by atoms with Crippen molar-refractivity contribution in [3.05, 3.63) is 53.8 Å². The maximum absolute atomic E-state index is 13.4. The van der Waals surface area contributed by atoms with Crippen molar-refractivity contribution in [3.8, 4) is 17.2 Å². The Morgan fingerprint density at radius 3 is 2.29 bits per heavy atom. The van der Waals surface area contributed by atoms with Crippen LogP contribution < -0.4 is 25.1 Å². The molecule has 0 atom stereocenters. The monoisotopic (exact) mass is 388 g/mol. The number of carbonyl (C=O) groups excluding carboxylic acids is 2. The Hall–Kier alpha value is -3.29. The van der Waals surface area contributed by atoms with Crippen molar-refractivity contribution in [2.24, 2.45) is 0 Å². The van der Waals surface area contributed by atoms with Gasteiger partial charge in [0.1, 0.15) is 5.60 Å². The van der Waals surface area contributed by atoms with E-state index in [-0.39, 0.29) is 18.0 Å². The quantitative estimate of drug-likeness (QED) is 0.741. The largest absolute Gasteiger partial charge is 0.483 e. The lowest BCUT2D eigenvalue weighted by Gasteiger charge is -2.18. The van der Waals surface area contributed by atoms with E-state index in [1.807, 2.05) is 26.0 Å². The number of halogens is 1. The fourth-order valence-corrected chi connectivity index (χ4v) is 2.76. The van der Waals surface area contributed by atoms with Crippen molar-refractivity contribution in [3.63, 3.8) is 0 Å². The van der Waals surface area contributed by atoms with Gasteiger partial charge >= 0.3 is 0 Å². The second-order valence-electron chi connectivity index (χ2n) is 6.89. The summed E-state index contributed by atoms with van der Waals surface area (Å²) in [7, 11) is 0. The van der Waals surface area contributed by atoms with Crippen molar-refractivity contribution in [2.45, 2.75) is 25.9 Å². The van der Waals surface area contributed by atoms with Gasteiger partial charge in [-0.3, -0.25) is 20.4 Å². The van der Waals surface area contributed by atoms with E-state index in [1.165, 1.54) is 18.2 Å². The Kier molecular flexibility index (Phi) is 5.67. The van der Waals surface area contributed by atoms with Crippen LogP contribution in [-0.2, 0) is 16.0 Å². The molecule has 8 heteroatoms. The van der Waals surface area contributed by atoms with Crippen molar-refractivity contribution in [1.82, 2.24) is 10.9 Å². The molecular formula is C20H21FN2O5. The highest BCUT2D eigenvalue weighted by Gasteiger charge is 2.32. The van der Waals surface area contributed by atoms with Crippen LogP contribution in [-0.4, -0.2) is 30.6 Å². The highest BCUT2D eigenvalue weighted by Crippen LogP contribution is 2.41. The first-order chi connectivity index (χ1) is 13.3. The number of hydrogen-bond donors (Lipinski definition) is 2. The highest BCUT2D eigenvalue weighted by atomic mass is 19.1. The average molecular weight is 388 g/mol. The molecule has 0 radical (unpaired) electrons. The van der Waals surface area contributed by atoms with Crippen LogP contribution in [0.1, 0.15) is 19.4 Å². The van der Waals surface area contributed by atoms with Gasteiger partial charge in [0, 0.05) is 12.0 Å². The fraction of sp³-hybridized carbons (Fsp3) is 0.300. The van der Waals surface area contributed by atoms with Crippen molar-refractivity contribution in [1.29, 1.82) is 0 Å². The molecule has 2 aromatic rings. The number of amides is 2. The Morgan fingerprint density at radius 1 is 1.00 bits per heavy atom. The Bertz CT molecular complexity index is 885. The van der Waals surface area contributed by atoms with Gasteiger partial charge < -0.3 is 14.2 Å². The molecule has 0 aromatic heterocycles. The lowest BCUT2D eigenvalue weighted by Crippen LogP contribution is -2.45. The van der Waals surface area contributed by atoms with E-state index in [1.54, 1.807) is 12.1 Å². The third kappa shape index (κ3) is 4.91. The minimum absolute atomic E-state index is 0.0480. The molecule has 2 aromatic carbocycles. The second-order valence-corrected chi connectivity index (χ2v) is 6.89. The number of hydrazine groups is 1. The summed E-state index contributed by atoms with van der Waals surface area (Å²) in [4.78, 5) is 23.6. The molecule has 2 amide bonds. The number of ether oxygens (including phenoxy) is 3. The first-order valence-corrected chi connectivity index (χ1v) is 8.73. The normalized spacial score (nSPS) is 13.8. The molecule has 148 valence electrons. The van der Waals surface area contributed by atoms with E-state index in [9.17, 15) is 14.0 Å². The molecule has 7 nitrogen and oxygen atoms in total. The van der Waals surface area contributed by atoms with Gasteiger partial charge in [-0.25, -0.2) is 4.39 Å². The van der Waals surface area contributed by atoms with Crippen LogP contribution in [0.25, 0.3) is 0 Å². The predicted octanol–water partition coefficient (Wildman–Crippen LogP) is 2.14. The molecule has 28 heavy (non-hydrogen) atoms. The topological polar surface area (TPSA) is 85.9 Å². The number of fused-ring (bicyclic) bond motifs is 1. The number of para-hydroxylation sites is 2. The molecule has 0 unspecified atom stereocenters. The van der Waals surface area contributed by atoms with Crippen LogP contribution >= 0.6 is 0 Å². The van der Waals surface area contributed by atoms with Crippen molar-refractivity contribution < 1.29 is 28.2 Å². The van der Waals surface area contributed by atoms with E-state index in [0.29, 0.717) is 11.5 Å². The summed E-state index contributed by atoms with van der Waals surface area (Å²) in [6.45, 7) is 3.19. The molecule has 1 aliphatic heterocycles. The summed E-state index contributed by atoms with van der Waals surface area (Å²) in [5.41, 5.74) is 5.08. The molecule has 0 saturated carbocycles. The smallest absolute Gasteiger partial charge is 0.276 e. The summed E-state index contributed by atoms with van der Waals surface area (Å²) >= 11 is 0. The van der Waals surface area contributed by atoms with Gasteiger partial charge in [0.2, 0.25) is 0 Å². The minimum Gasteiger partial charge on any atom is -0.483 e. The van der Waals surface area contributed by atoms with Gasteiger partial charge in [-0.05, 0) is 32.0 Å². The van der Waals surface area contributed by atoms with Crippen LogP contribution in [0.3, 0.4) is 0 Å². The van der Waals surface area contributed by atoms with Gasteiger partial charge in [-0.15, -0.1) is 0 Å². The van der Waals surface area contributed by atoms with Gasteiger partial charge in [-0.1, -0.05) is 24.3 Å². The second kappa shape index (κ2) is 8.16. The van der Waals surface area contributed by atoms with Gasteiger partial charge in [0.25, 0.3) is 11.8 Å². The molecule has 2 N–H and O–H groups in total. The molecule has 0 spiro atoms. The predicted molar refractivity (Wildman–Crippen MR) is 98.5 cm³/mol. The molecule has 1 heterocycles. The first-order valence-electron chi connectivity index (χ1n) is 8.73. The molecule has 0 saturated heterocycles. The minimum atomic E-state index is -0.637. The van der Waals surface area contributed by atoms with Crippen LogP contribution in [0.5, 0.6) is 17.2 Å². The van der Waals surface area contributed by atoms with E-state index in [2.05, 4.69) is 10.9 Å². The van der Waals surface area contributed by atoms with E-state index >= 15 is 0 Å². The van der Waals surface area contributed by atoms with Crippen molar-refractivity contribution >= 4 is 11.8 Å². The third-order valence-electron chi connectivity index (χ3n) is 3.95. The summed E-state index contributed by atoms with van der Waals surface area (Å²) in [5.74, 6) is -0.729. The number of carbonyl (C=O) groups is 2. The van der Waals surface area contributed by atoms with Crippen LogP contribution in [0.2, 0.25) is 0 Å². The van der Waals surface area contributed by atoms with Crippen molar-refractivity contribution in [2.75, 3.05) is 13.2 Å². The maximum Gasteiger partial charge on any atom is 0.276 e. The van der Waals surface area contributed by atoms with E-state index in [0.717, 1.165) is 12.0 Å². The van der Waals surface area contributed by atoms with Gasteiger partial charge in [0.15, 0.2) is 36.3 Å². The zero-order chi connectivity index (χ0) is 20.1. The number of rotatable bonds is 6. The highest BCUT2D eigenvalue weighted by molar-refractivity contribution is 5.83. The Labute approximate surface area is 161 Å². The van der Waals surface area contributed by atoms with Gasteiger partial charge in [0.05, 0.1) is 0 Å². The van der Waals surface area contributed by atoms with Gasteiger partial charge in [-0.2, -0.15) is 0 Å². The fourth-order valence-electron chi connectivity index (χ4n) is 2.76. The SMILES string of the molecule is CC1(C)Cc2cccc(OCC(=O)NNC(=O)COc3ccccc3F)c2O1. The molecule has 0 bridgehead atoms. The molecule has 0 aliphatic carbocycles. The molecule has 0 fully saturated rings. The Balaban J connectivity index is 1.43. The van der Waals surface area contributed by atoms with Crippen LogP contribution in [0.4, 0.5) is 4.39 Å².